The largest absolute Gasteiger partial charge is 0.493 e. The fourth-order valence-corrected chi connectivity index (χ4v) is 5.08. The van der Waals surface area contributed by atoms with E-state index >= 15 is 0 Å². The van der Waals surface area contributed by atoms with Gasteiger partial charge in [0.15, 0.2) is 11.6 Å². The van der Waals surface area contributed by atoms with Crippen LogP contribution < -0.4 is 4.74 Å². The Morgan fingerprint density at radius 1 is 1.18 bits per heavy atom. The Morgan fingerprint density at radius 3 is 2.88 bits per heavy atom. The van der Waals surface area contributed by atoms with E-state index in [1.165, 1.54) is 34.4 Å². The number of rotatable bonds is 6. The van der Waals surface area contributed by atoms with Crippen LogP contribution in [-0.4, -0.2) is 38.9 Å². The van der Waals surface area contributed by atoms with Crippen molar-refractivity contribution in [3.8, 4) is 32.6 Å². The molecule has 0 unspecified atom stereocenters. The third-order valence-corrected chi connectivity index (χ3v) is 6.69. The fourth-order valence-electron chi connectivity index (χ4n) is 3.87. The first-order chi connectivity index (χ1) is 16.0. The number of ether oxygens (including phenoxy) is 1. The molecular weight excluding hydrogens is 448 g/mol. The van der Waals surface area contributed by atoms with Crippen molar-refractivity contribution in [1.82, 2.24) is 14.8 Å². The zero-order valence-corrected chi connectivity index (χ0v) is 18.2. The molecular formula is C24H19F2N3O3S. The molecule has 2 aromatic carbocycles. The number of aromatic nitrogens is 3. The average Bonchev–Trinajstić information content (AvgIpc) is 3.41. The number of aliphatic hydroxyl groups is 1. The standard InChI is InChI=1S/C24H19F2N3O3S/c25-16-4-5-19(18(26)12-16)29-13-27-28-24(29)22-11-15-7-9-32-21-6-3-14(20(31)2-1-8-30)10-17(21)23(15)33-22/h3-6,10-13,30H,1-2,7-9H2. The van der Waals surface area contributed by atoms with Crippen molar-refractivity contribution < 1.29 is 23.4 Å². The van der Waals surface area contributed by atoms with E-state index in [0.29, 0.717) is 36.6 Å². The van der Waals surface area contributed by atoms with Gasteiger partial charge in [0, 0.05) is 41.5 Å². The summed E-state index contributed by atoms with van der Waals surface area (Å²) in [5.74, 6) is -0.280. The number of hydrogen-bond acceptors (Lipinski definition) is 6. The van der Waals surface area contributed by atoms with E-state index in [-0.39, 0.29) is 24.5 Å². The molecule has 5 rings (SSSR count). The summed E-state index contributed by atoms with van der Waals surface area (Å²) >= 11 is 1.45. The number of ketones is 1. The minimum atomic E-state index is -0.709. The van der Waals surface area contributed by atoms with Crippen LogP contribution >= 0.6 is 11.3 Å². The molecule has 0 aliphatic carbocycles. The first kappa shape index (κ1) is 21.4. The van der Waals surface area contributed by atoms with E-state index in [0.717, 1.165) is 26.9 Å². The van der Waals surface area contributed by atoms with E-state index in [2.05, 4.69) is 10.2 Å². The van der Waals surface area contributed by atoms with Crippen LogP contribution in [-0.2, 0) is 6.42 Å². The molecule has 168 valence electrons. The molecule has 0 bridgehead atoms. The third-order valence-electron chi connectivity index (χ3n) is 5.48. The lowest BCUT2D eigenvalue weighted by Gasteiger charge is -2.09. The predicted molar refractivity (Wildman–Crippen MR) is 120 cm³/mol. The summed E-state index contributed by atoms with van der Waals surface area (Å²) in [6.45, 7) is 0.445. The summed E-state index contributed by atoms with van der Waals surface area (Å²) in [6, 6.07) is 10.7. The van der Waals surface area contributed by atoms with Crippen molar-refractivity contribution >= 4 is 17.1 Å². The molecule has 0 atom stereocenters. The quantitative estimate of drug-likeness (QED) is 0.411. The van der Waals surface area contributed by atoms with E-state index in [1.54, 1.807) is 12.1 Å². The number of aliphatic hydroxyl groups excluding tert-OH is 1. The van der Waals surface area contributed by atoms with Gasteiger partial charge >= 0.3 is 0 Å². The molecule has 1 aliphatic rings. The number of hydrogen-bond donors (Lipinski definition) is 1. The molecule has 0 radical (unpaired) electrons. The summed E-state index contributed by atoms with van der Waals surface area (Å²) in [6.07, 6.45) is 2.74. The van der Waals surface area contributed by atoms with E-state index in [9.17, 15) is 13.6 Å². The van der Waals surface area contributed by atoms with Gasteiger partial charge in [-0.2, -0.15) is 0 Å². The minimum absolute atomic E-state index is 0.0342. The molecule has 3 heterocycles. The number of halogens is 2. The van der Waals surface area contributed by atoms with E-state index in [1.807, 2.05) is 12.1 Å². The lowest BCUT2D eigenvalue weighted by Crippen LogP contribution is -2.02. The lowest BCUT2D eigenvalue weighted by atomic mass is 10.0. The highest BCUT2D eigenvalue weighted by Crippen LogP contribution is 2.44. The molecule has 0 fully saturated rings. The molecule has 0 saturated carbocycles. The molecule has 9 heteroatoms. The summed E-state index contributed by atoms with van der Waals surface area (Å²) < 4.78 is 35.2. The van der Waals surface area contributed by atoms with Gasteiger partial charge in [-0.05, 0) is 48.4 Å². The fraction of sp³-hybridized carbons (Fsp3) is 0.208. The molecule has 1 aliphatic heterocycles. The molecule has 1 N–H and O–H groups in total. The van der Waals surface area contributed by atoms with Crippen molar-refractivity contribution in [3.63, 3.8) is 0 Å². The highest BCUT2D eigenvalue weighted by Gasteiger charge is 2.23. The summed E-state index contributed by atoms with van der Waals surface area (Å²) in [5, 5.41) is 17.1. The van der Waals surface area contributed by atoms with Crippen molar-refractivity contribution in [2.75, 3.05) is 13.2 Å². The maximum absolute atomic E-state index is 14.4. The van der Waals surface area contributed by atoms with Gasteiger partial charge in [0.25, 0.3) is 0 Å². The van der Waals surface area contributed by atoms with Crippen LogP contribution in [0.3, 0.4) is 0 Å². The Hall–Kier alpha value is -3.43. The number of fused-ring (bicyclic) bond motifs is 3. The molecule has 6 nitrogen and oxygen atoms in total. The highest BCUT2D eigenvalue weighted by atomic mass is 32.1. The zero-order chi connectivity index (χ0) is 22.9. The van der Waals surface area contributed by atoms with Gasteiger partial charge in [0.1, 0.15) is 23.7 Å². The minimum Gasteiger partial charge on any atom is -0.493 e. The molecule has 0 spiro atoms. The summed E-state index contributed by atoms with van der Waals surface area (Å²) in [5.41, 5.74) is 2.56. The molecule has 33 heavy (non-hydrogen) atoms. The molecule has 2 aromatic heterocycles. The monoisotopic (exact) mass is 467 g/mol. The Balaban J connectivity index is 1.57. The second kappa shape index (κ2) is 8.84. The van der Waals surface area contributed by atoms with Crippen molar-refractivity contribution in [3.05, 3.63) is 71.6 Å². The molecule has 0 saturated heterocycles. The first-order valence-electron chi connectivity index (χ1n) is 10.4. The van der Waals surface area contributed by atoms with Gasteiger partial charge < -0.3 is 9.84 Å². The van der Waals surface area contributed by atoms with Crippen LogP contribution in [0.1, 0.15) is 28.8 Å². The van der Waals surface area contributed by atoms with Crippen LogP contribution in [0.2, 0.25) is 0 Å². The van der Waals surface area contributed by atoms with Gasteiger partial charge in [-0.3, -0.25) is 9.36 Å². The van der Waals surface area contributed by atoms with Crippen LogP contribution in [0.25, 0.3) is 26.8 Å². The maximum Gasteiger partial charge on any atom is 0.178 e. The lowest BCUT2D eigenvalue weighted by molar-refractivity contribution is 0.0971. The van der Waals surface area contributed by atoms with Gasteiger partial charge in [-0.25, -0.2) is 8.78 Å². The number of thiophene rings is 1. The Bertz CT molecular complexity index is 1350. The van der Waals surface area contributed by atoms with Crippen LogP contribution in [0.4, 0.5) is 8.78 Å². The zero-order valence-electron chi connectivity index (χ0n) is 17.4. The Labute approximate surface area is 192 Å². The Morgan fingerprint density at radius 2 is 2.06 bits per heavy atom. The van der Waals surface area contributed by atoms with Crippen molar-refractivity contribution in [2.45, 2.75) is 19.3 Å². The van der Waals surface area contributed by atoms with Gasteiger partial charge in [-0.15, -0.1) is 21.5 Å². The molecule has 4 aromatic rings. The van der Waals surface area contributed by atoms with Crippen molar-refractivity contribution in [1.29, 1.82) is 0 Å². The van der Waals surface area contributed by atoms with Gasteiger partial charge in [0.2, 0.25) is 0 Å². The van der Waals surface area contributed by atoms with Crippen LogP contribution in [0, 0.1) is 11.6 Å². The molecule has 0 amide bonds. The van der Waals surface area contributed by atoms with E-state index in [4.69, 9.17) is 9.84 Å². The smallest absolute Gasteiger partial charge is 0.178 e. The predicted octanol–water partition coefficient (Wildman–Crippen LogP) is 4.83. The SMILES string of the molecule is O=C(CCCO)c1ccc2c(c1)-c1sc(-c3nncn3-c3ccc(F)cc3F)cc1CCO2. The normalized spacial score (nSPS) is 12.6. The first-order valence-corrected chi connectivity index (χ1v) is 11.3. The number of carbonyl (C=O) groups is 1. The van der Waals surface area contributed by atoms with Gasteiger partial charge in [-0.1, -0.05) is 0 Å². The van der Waals surface area contributed by atoms with Gasteiger partial charge in [0.05, 0.1) is 17.2 Å². The number of carbonyl (C=O) groups excluding carboxylic acids is 1. The summed E-state index contributed by atoms with van der Waals surface area (Å²) in [4.78, 5) is 14.2. The van der Waals surface area contributed by atoms with Crippen molar-refractivity contribution in [2.24, 2.45) is 0 Å². The maximum atomic E-state index is 14.4. The third kappa shape index (κ3) is 4.05. The second-order valence-corrected chi connectivity index (χ2v) is 8.70. The number of nitrogens with zero attached hydrogens (tertiary/aromatic N) is 3. The topological polar surface area (TPSA) is 77.2 Å². The number of Topliss-reactive ketones (excluding diaryl/α,β-unsaturated/α-hetero) is 1. The van der Waals surface area contributed by atoms with Crippen LogP contribution in [0.15, 0.2) is 48.8 Å². The van der Waals surface area contributed by atoms with Crippen LogP contribution in [0.5, 0.6) is 5.75 Å². The average molecular weight is 467 g/mol. The summed E-state index contributed by atoms with van der Waals surface area (Å²) in [7, 11) is 0. The Kier molecular flexibility index (Phi) is 5.74. The second-order valence-electron chi connectivity index (χ2n) is 7.65. The van der Waals surface area contributed by atoms with E-state index < -0.39 is 11.6 Å². The number of benzene rings is 2. The highest BCUT2D eigenvalue weighted by molar-refractivity contribution is 7.19.